The summed E-state index contributed by atoms with van der Waals surface area (Å²) in [5, 5.41) is 0. The Kier molecular flexibility index (Phi) is 1.92. The standard InChI is InChI=1S/C13H14O4/c14-12(8-4-16-8)10-6-1-2-7(3-6)11(10)13(15)9-5-17-9/h1-2,6-11H,3-5H2. The fourth-order valence-electron chi connectivity index (χ4n) is 3.45. The van der Waals surface area contributed by atoms with Crippen LogP contribution in [0.1, 0.15) is 6.42 Å². The van der Waals surface area contributed by atoms with Gasteiger partial charge in [-0.05, 0) is 18.3 Å². The molecule has 0 aromatic carbocycles. The topological polar surface area (TPSA) is 59.2 Å². The van der Waals surface area contributed by atoms with E-state index in [-0.39, 0.29) is 47.4 Å². The van der Waals surface area contributed by atoms with Crippen molar-refractivity contribution in [2.24, 2.45) is 23.7 Å². The van der Waals surface area contributed by atoms with Crippen molar-refractivity contribution in [3.63, 3.8) is 0 Å². The van der Waals surface area contributed by atoms with Gasteiger partial charge in [0.2, 0.25) is 0 Å². The van der Waals surface area contributed by atoms with Gasteiger partial charge in [-0.15, -0.1) is 0 Å². The molecule has 4 nitrogen and oxygen atoms in total. The molecule has 6 atom stereocenters. The van der Waals surface area contributed by atoms with Gasteiger partial charge in [0.1, 0.15) is 12.2 Å². The minimum Gasteiger partial charge on any atom is -0.365 e. The first-order chi connectivity index (χ1) is 8.25. The molecule has 3 fully saturated rings. The van der Waals surface area contributed by atoms with Crippen LogP contribution in [0.3, 0.4) is 0 Å². The molecule has 17 heavy (non-hydrogen) atoms. The molecule has 4 aliphatic rings. The molecule has 0 aromatic heterocycles. The third kappa shape index (κ3) is 1.44. The van der Waals surface area contributed by atoms with Crippen LogP contribution in [-0.2, 0) is 19.1 Å². The quantitative estimate of drug-likeness (QED) is 0.520. The first kappa shape index (κ1) is 9.97. The highest BCUT2D eigenvalue weighted by Gasteiger charge is 2.56. The summed E-state index contributed by atoms with van der Waals surface area (Å²) >= 11 is 0. The summed E-state index contributed by atoms with van der Waals surface area (Å²) in [5.74, 6) is 0.499. The van der Waals surface area contributed by atoms with Gasteiger partial charge in [-0.1, -0.05) is 12.2 Å². The largest absolute Gasteiger partial charge is 0.365 e. The predicted molar refractivity (Wildman–Crippen MR) is 57.2 cm³/mol. The number of epoxide rings is 2. The van der Waals surface area contributed by atoms with Crippen molar-refractivity contribution in [3.05, 3.63) is 12.2 Å². The zero-order valence-electron chi connectivity index (χ0n) is 9.37. The molecule has 0 spiro atoms. The Morgan fingerprint density at radius 3 is 1.65 bits per heavy atom. The van der Waals surface area contributed by atoms with Gasteiger partial charge in [0.05, 0.1) is 13.2 Å². The predicted octanol–water partition coefficient (Wildman–Crippen LogP) is 0.360. The molecule has 2 bridgehead atoms. The number of fused-ring (bicyclic) bond motifs is 2. The lowest BCUT2D eigenvalue weighted by Gasteiger charge is -2.24. The number of rotatable bonds is 4. The fraction of sp³-hybridized carbons (Fsp3) is 0.692. The van der Waals surface area contributed by atoms with Crippen LogP contribution in [0.15, 0.2) is 12.2 Å². The summed E-state index contributed by atoms with van der Waals surface area (Å²) in [6.45, 7) is 1.08. The SMILES string of the molecule is O=C(C1CO1)C1C2C=CC(C2)C1C(=O)C1CO1. The minimum atomic E-state index is -0.233. The summed E-state index contributed by atoms with van der Waals surface area (Å²) in [5.41, 5.74) is 0. The molecule has 4 heteroatoms. The van der Waals surface area contributed by atoms with E-state index in [9.17, 15) is 9.59 Å². The summed E-state index contributed by atoms with van der Waals surface area (Å²) in [7, 11) is 0. The second-order valence-electron chi connectivity index (χ2n) is 5.45. The number of carbonyl (C=O) groups is 2. The second-order valence-corrected chi connectivity index (χ2v) is 5.45. The van der Waals surface area contributed by atoms with Crippen LogP contribution in [0.25, 0.3) is 0 Å². The lowest BCUT2D eigenvalue weighted by atomic mass is 9.76. The van der Waals surface area contributed by atoms with Crippen molar-refractivity contribution in [1.82, 2.24) is 0 Å². The van der Waals surface area contributed by atoms with E-state index >= 15 is 0 Å². The van der Waals surface area contributed by atoms with Gasteiger partial charge >= 0.3 is 0 Å². The van der Waals surface area contributed by atoms with E-state index in [1.807, 2.05) is 0 Å². The van der Waals surface area contributed by atoms with Crippen molar-refractivity contribution in [2.75, 3.05) is 13.2 Å². The summed E-state index contributed by atoms with van der Waals surface area (Å²) in [6, 6.07) is 0. The number of hydrogen-bond donors (Lipinski definition) is 0. The zero-order chi connectivity index (χ0) is 11.6. The zero-order valence-corrected chi connectivity index (χ0v) is 9.37. The van der Waals surface area contributed by atoms with E-state index in [4.69, 9.17) is 9.47 Å². The number of allylic oxidation sites excluding steroid dienone is 2. The Balaban J connectivity index is 1.63. The highest BCUT2D eigenvalue weighted by atomic mass is 16.6. The van der Waals surface area contributed by atoms with E-state index in [2.05, 4.69) is 12.2 Å². The van der Waals surface area contributed by atoms with E-state index in [1.54, 1.807) is 0 Å². The Bertz CT molecular complexity index is 381. The third-order valence-corrected chi connectivity index (χ3v) is 4.42. The second kappa shape index (κ2) is 3.27. The molecule has 2 aliphatic carbocycles. The van der Waals surface area contributed by atoms with E-state index < -0.39 is 0 Å². The molecule has 2 saturated heterocycles. The molecule has 6 unspecified atom stereocenters. The van der Waals surface area contributed by atoms with E-state index in [0.717, 1.165) is 6.42 Å². The van der Waals surface area contributed by atoms with Gasteiger partial charge in [-0.3, -0.25) is 9.59 Å². The van der Waals surface area contributed by atoms with Crippen LogP contribution in [0.4, 0.5) is 0 Å². The molecular formula is C13H14O4. The highest BCUT2D eigenvalue weighted by molar-refractivity contribution is 5.97. The smallest absolute Gasteiger partial charge is 0.168 e. The van der Waals surface area contributed by atoms with E-state index in [1.165, 1.54) is 0 Å². The number of ketones is 2. The molecule has 4 rings (SSSR count). The van der Waals surface area contributed by atoms with Crippen molar-refractivity contribution in [1.29, 1.82) is 0 Å². The monoisotopic (exact) mass is 234 g/mol. The van der Waals surface area contributed by atoms with Crippen molar-refractivity contribution < 1.29 is 19.1 Å². The summed E-state index contributed by atoms with van der Waals surface area (Å²) in [6.07, 6.45) is 4.69. The van der Waals surface area contributed by atoms with Crippen LogP contribution in [-0.4, -0.2) is 37.0 Å². The first-order valence-corrected chi connectivity index (χ1v) is 6.24. The Hall–Kier alpha value is -1.00. The molecule has 0 amide bonds. The van der Waals surface area contributed by atoms with Crippen molar-refractivity contribution >= 4 is 11.6 Å². The average Bonchev–Trinajstić information content (AvgIpc) is 3.24. The molecule has 2 heterocycles. The number of ether oxygens (including phenoxy) is 2. The Labute approximate surface area is 99.0 Å². The maximum Gasteiger partial charge on any atom is 0.168 e. The Morgan fingerprint density at radius 2 is 1.29 bits per heavy atom. The molecule has 2 aliphatic heterocycles. The maximum absolute atomic E-state index is 12.2. The van der Waals surface area contributed by atoms with E-state index in [0.29, 0.717) is 13.2 Å². The molecule has 0 N–H and O–H groups in total. The first-order valence-electron chi connectivity index (χ1n) is 6.24. The van der Waals surface area contributed by atoms with Crippen molar-refractivity contribution in [3.8, 4) is 0 Å². The van der Waals surface area contributed by atoms with Crippen LogP contribution >= 0.6 is 0 Å². The van der Waals surface area contributed by atoms with Crippen molar-refractivity contribution in [2.45, 2.75) is 18.6 Å². The van der Waals surface area contributed by atoms with Crippen LogP contribution in [0.2, 0.25) is 0 Å². The Morgan fingerprint density at radius 1 is 0.882 bits per heavy atom. The third-order valence-electron chi connectivity index (χ3n) is 4.42. The highest BCUT2D eigenvalue weighted by Crippen LogP contribution is 2.50. The van der Waals surface area contributed by atoms with Gasteiger partial charge in [-0.2, -0.15) is 0 Å². The minimum absolute atomic E-state index is 0.140. The number of hydrogen-bond acceptors (Lipinski definition) is 4. The van der Waals surface area contributed by atoms with Gasteiger partial charge in [0.15, 0.2) is 11.6 Å². The lowest BCUT2D eigenvalue weighted by Crippen LogP contribution is -2.37. The molecule has 1 saturated carbocycles. The van der Waals surface area contributed by atoms with Crippen LogP contribution < -0.4 is 0 Å². The average molecular weight is 234 g/mol. The fourth-order valence-corrected chi connectivity index (χ4v) is 3.45. The molecular weight excluding hydrogens is 220 g/mol. The van der Waals surface area contributed by atoms with Crippen LogP contribution in [0.5, 0.6) is 0 Å². The van der Waals surface area contributed by atoms with Gasteiger partial charge in [0.25, 0.3) is 0 Å². The lowest BCUT2D eigenvalue weighted by molar-refractivity contribution is -0.134. The van der Waals surface area contributed by atoms with Gasteiger partial charge in [-0.25, -0.2) is 0 Å². The summed E-state index contributed by atoms with van der Waals surface area (Å²) in [4.78, 5) is 24.4. The molecule has 90 valence electrons. The maximum atomic E-state index is 12.2. The number of carbonyl (C=O) groups excluding carboxylic acids is 2. The number of Topliss-reactive ketones (excluding diaryl/α,β-unsaturated/α-hetero) is 2. The van der Waals surface area contributed by atoms with Gasteiger partial charge in [0, 0.05) is 11.8 Å². The molecule has 0 aromatic rings. The normalized spacial score (nSPS) is 49.4. The summed E-state index contributed by atoms with van der Waals surface area (Å²) < 4.78 is 10.2. The van der Waals surface area contributed by atoms with Gasteiger partial charge < -0.3 is 9.47 Å². The van der Waals surface area contributed by atoms with Crippen LogP contribution in [0, 0.1) is 23.7 Å². The molecule has 0 radical (unpaired) electrons.